The zero-order valence-electron chi connectivity index (χ0n) is 17.8. The van der Waals surface area contributed by atoms with Crippen molar-refractivity contribution in [3.05, 3.63) is 87.2 Å². The first-order valence-electron chi connectivity index (χ1n) is 9.88. The van der Waals surface area contributed by atoms with Gasteiger partial charge in [0.15, 0.2) is 0 Å². The molecule has 2 aromatic carbocycles. The molecule has 0 unspecified atom stereocenters. The predicted octanol–water partition coefficient (Wildman–Crippen LogP) is 4.89. The van der Waals surface area contributed by atoms with Gasteiger partial charge in [-0.05, 0) is 49.7 Å². The number of nitrogens with one attached hydrogen (secondary N) is 1. The molecule has 0 aliphatic carbocycles. The van der Waals surface area contributed by atoms with E-state index in [9.17, 15) is 25.0 Å². The van der Waals surface area contributed by atoms with Crippen molar-refractivity contribution in [3.63, 3.8) is 0 Å². The normalized spacial score (nSPS) is 10.9. The zero-order chi connectivity index (χ0) is 24.0. The minimum atomic E-state index is -0.675. The number of carbonyl (C=O) groups is 2. The van der Waals surface area contributed by atoms with Crippen molar-refractivity contribution in [1.29, 1.82) is 5.26 Å². The van der Waals surface area contributed by atoms with E-state index in [4.69, 9.17) is 9.15 Å². The standard InChI is InChI=1S/C24H19N3O6/c1-3-32-24(29)17-6-4-16(5-7-17)22-11-9-20(33-22)13-18(14-25)23(28)26-21-10-8-19(27(30)31)12-15(21)2/h4-13H,3H2,1-2H3,(H,26,28). The lowest BCUT2D eigenvalue weighted by atomic mass is 10.1. The van der Waals surface area contributed by atoms with Crippen molar-refractivity contribution in [3.8, 4) is 17.4 Å². The van der Waals surface area contributed by atoms with E-state index in [1.165, 1.54) is 24.3 Å². The van der Waals surface area contributed by atoms with Crippen LogP contribution in [0.3, 0.4) is 0 Å². The van der Waals surface area contributed by atoms with Gasteiger partial charge in [-0.25, -0.2) is 4.79 Å². The Balaban J connectivity index is 1.76. The maximum atomic E-state index is 12.5. The highest BCUT2D eigenvalue weighted by atomic mass is 16.6. The third-order valence-electron chi connectivity index (χ3n) is 4.63. The molecule has 33 heavy (non-hydrogen) atoms. The molecule has 1 aromatic heterocycles. The molecule has 0 aliphatic rings. The Morgan fingerprint density at radius 3 is 2.52 bits per heavy atom. The van der Waals surface area contributed by atoms with Crippen molar-refractivity contribution < 1.29 is 23.7 Å². The van der Waals surface area contributed by atoms with Crippen LogP contribution in [-0.4, -0.2) is 23.4 Å². The van der Waals surface area contributed by atoms with Crippen LogP contribution in [0.5, 0.6) is 0 Å². The molecule has 166 valence electrons. The van der Waals surface area contributed by atoms with Crippen LogP contribution in [0.15, 0.2) is 64.6 Å². The van der Waals surface area contributed by atoms with Gasteiger partial charge >= 0.3 is 5.97 Å². The van der Waals surface area contributed by atoms with E-state index >= 15 is 0 Å². The number of furan rings is 1. The first-order valence-corrected chi connectivity index (χ1v) is 9.88. The van der Waals surface area contributed by atoms with Gasteiger partial charge in [0.2, 0.25) is 0 Å². The Kier molecular flexibility index (Phi) is 7.00. The minimum absolute atomic E-state index is 0.0973. The topological polar surface area (TPSA) is 135 Å². The molecule has 9 nitrogen and oxygen atoms in total. The average Bonchev–Trinajstić information content (AvgIpc) is 3.27. The summed E-state index contributed by atoms with van der Waals surface area (Å²) in [4.78, 5) is 34.6. The molecule has 9 heteroatoms. The summed E-state index contributed by atoms with van der Waals surface area (Å²) in [5.41, 5.74) is 1.66. The molecule has 0 atom stereocenters. The van der Waals surface area contributed by atoms with Gasteiger partial charge in [0.05, 0.1) is 17.1 Å². The third-order valence-corrected chi connectivity index (χ3v) is 4.63. The molecular weight excluding hydrogens is 426 g/mol. The molecule has 1 heterocycles. The number of esters is 1. The van der Waals surface area contributed by atoms with Crippen LogP contribution in [0.4, 0.5) is 11.4 Å². The highest BCUT2D eigenvalue weighted by Crippen LogP contribution is 2.25. The first-order chi connectivity index (χ1) is 15.8. The maximum absolute atomic E-state index is 12.5. The van der Waals surface area contributed by atoms with Gasteiger partial charge in [-0.15, -0.1) is 0 Å². The number of carbonyl (C=O) groups excluding carboxylic acids is 2. The van der Waals surface area contributed by atoms with Crippen molar-refractivity contribution in [1.82, 2.24) is 0 Å². The van der Waals surface area contributed by atoms with E-state index in [2.05, 4.69) is 5.32 Å². The number of aryl methyl sites for hydroxylation is 1. The van der Waals surface area contributed by atoms with E-state index in [-0.39, 0.29) is 23.6 Å². The maximum Gasteiger partial charge on any atom is 0.338 e. The van der Waals surface area contributed by atoms with Crippen LogP contribution in [-0.2, 0) is 9.53 Å². The second-order valence-corrected chi connectivity index (χ2v) is 6.88. The van der Waals surface area contributed by atoms with Crippen LogP contribution < -0.4 is 5.32 Å². The lowest BCUT2D eigenvalue weighted by Crippen LogP contribution is -2.14. The molecule has 0 saturated heterocycles. The molecule has 0 fully saturated rings. The monoisotopic (exact) mass is 445 g/mol. The van der Waals surface area contributed by atoms with Crippen molar-refractivity contribution in [2.75, 3.05) is 11.9 Å². The molecule has 3 aromatic rings. The number of anilines is 1. The van der Waals surface area contributed by atoms with Gasteiger partial charge in [-0.1, -0.05) is 12.1 Å². The smallest absolute Gasteiger partial charge is 0.338 e. The summed E-state index contributed by atoms with van der Waals surface area (Å²) in [6.45, 7) is 3.63. The van der Waals surface area contributed by atoms with Gasteiger partial charge < -0.3 is 14.5 Å². The van der Waals surface area contributed by atoms with Crippen LogP contribution in [0, 0.1) is 28.4 Å². The summed E-state index contributed by atoms with van der Waals surface area (Å²) in [5, 5.41) is 22.9. The molecule has 3 rings (SSSR count). The molecule has 0 spiro atoms. The fraction of sp³-hybridized carbons (Fsp3) is 0.125. The van der Waals surface area contributed by atoms with Gasteiger partial charge in [-0.3, -0.25) is 14.9 Å². The zero-order valence-corrected chi connectivity index (χ0v) is 17.8. The minimum Gasteiger partial charge on any atom is -0.462 e. The fourth-order valence-corrected chi connectivity index (χ4v) is 2.95. The summed E-state index contributed by atoms with van der Waals surface area (Å²) in [6, 6.07) is 15.8. The Morgan fingerprint density at radius 1 is 1.18 bits per heavy atom. The number of nitro benzene ring substituents is 1. The number of nitro groups is 1. The first kappa shape index (κ1) is 23.0. The Morgan fingerprint density at radius 2 is 1.91 bits per heavy atom. The molecule has 0 bridgehead atoms. The van der Waals surface area contributed by atoms with E-state index in [0.717, 1.165) is 0 Å². The second-order valence-electron chi connectivity index (χ2n) is 6.88. The van der Waals surface area contributed by atoms with E-state index in [1.807, 2.05) is 6.07 Å². The van der Waals surface area contributed by atoms with Gasteiger partial charge in [-0.2, -0.15) is 5.26 Å². The molecule has 1 N–H and O–H groups in total. The van der Waals surface area contributed by atoms with Crippen molar-refractivity contribution >= 4 is 29.3 Å². The third kappa shape index (κ3) is 5.51. The molecular formula is C24H19N3O6. The van der Waals surface area contributed by atoms with E-state index in [0.29, 0.717) is 28.1 Å². The van der Waals surface area contributed by atoms with E-state index < -0.39 is 16.8 Å². The average molecular weight is 445 g/mol. The predicted molar refractivity (Wildman–Crippen MR) is 120 cm³/mol. The van der Waals surface area contributed by atoms with Crippen LogP contribution in [0.1, 0.15) is 28.6 Å². The highest BCUT2D eigenvalue weighted by molar-refractivity contribution is 6.09. The number of rotatable bonds is 7. The highest BCUT2D eigenvalue weighted by Gasteiger charge is 2.15. The number of amides is 1. The molecule has 0 saturated carbocycles. The summed E-state index contributed by atoms with van der Waals surface area (Å²) >= 11 is 0. The van der Waals surface area contributed by atoms with Crippen LogP contribution in [0.25, 0.3) is 17.4 Å². The van der Waals surface area contributed by atoms with Gasteiger partial charge in [0.1, 0.15) is 23.2 Å². The van der Waals surface area contributed by atoms with Crippen LogP contribution >= 0.6 is 0 Å². The number of benzene rings is 2. The number of nitrogens with zero attached hydrogens (tertiary/aromatic N) is 2. The van der Waals surface area contributed by atoms with Crippen molar-refractivity contribution in [2.24, 2.45) is 0 Å². The lowest BCUT2D eigenvalue weighted by Gasteiger charge is -2.07. The number of non-ortho nitro benzene ring substituents is 1. The quantitative estimate of drug-likeness (QED) is 0.180. The second kappa shape index (κ2) is 10.1. The lowest BCUT2D eigenvalue weighted by molar-refractivity contribution is -0.384. The Bertz CT molecular complexity index is 1280. The van der Waals surface area contributed by atoms with Gasteiger partial charge in [0, 0.05) is 29.5 Å². The number of hydrogen-bond acceptors (Lipinski definition) is 7. The van der Waals surface area contributed by atoms with E-state index in [1.54, 1.807) is 50.2 Å². The Labute approximate surface area is 189 Å². The molecule has 1 amide bonds. The van der Waals surface area contributed by atoms with Crippen molar-refractivity contribution in [2.45, 2.75) is 13.8 Å². The fourth-order valence-electron chi connectivity index (χ4n) is 2.95. The molecule has 0 aliphatic heterocycles. The summed E-state index contributed by atoms with van der Waals surface area (Å²) < 4.78 is 10.7. The van der Waals surface area contributed by atoms with Gasteiger partial charge in [0.25, 0.3) is 11.6 Å². The number of hydrogen-bond donors (Lipinski definition) is 1. The SMILES string of the molecule is CCOC(=O)c1ccc(-c2ccc(C=C(C#N)C(=O)Nc3ccc([N+](=O)[O-])cc3C)o2)cc1. The summed E-state index contributed by atoms with van der Waals surface area (Å²) in [7, 11) is 0. The largest absolute Gasteiger partial charge is 0.462 e. The summed E-state index contributed by atoms with van der Waals surface area (Å²) in [5.74, 6) is -0.321. The summed E-state index contributed by atoms with van der Waals surface area (Å²) in [6.07, 6.45) is 1.30. The molecule has 0 radical (unpaired) electrons. The Hall–Kier alpha value is -4.71. The number of nitriles is 1. The number of ether oxygens (including phenoxy) is 1. The van der Waals surface area contributed by atoms with Crippen LogP contribution in [0.2, 0.25) is 0 Å².